The minimum atomic E-state index is -0.267. The number of methoxy groups -OCH3 is 1. The van der Waals surface area contributed by atoms with E-state index in [0.29, 0.717) is 48.3 Å². The summed E-state index contributed by atoms with van der Waals surface area (Å²) in [7, 11) is 1.51. The van der Waals surface area contributed by atoms with Crippen molar-refractivity contribution >= 4 is 83.8 Å². The van der Waals surface area contributed by atoms with Crippen LogP contribution in [0, 0.1) is 0 Å². The number of benzene rings is 3. The minimum Gasteiger partial charge on any atom is -0.493 e. The first-order valence-electron chi connectivity index (χ1n) is 11.5. The van der Waals surface area contributed by atoms with Crippen LogP contribution in [0.25, 0.3) is 10.9 Å². The van der Waals surface area contributed by atoms with E-state index in [4.69, 9.17) is 49.3 Å². The van der Waals surface area contributed by atoms with Crippen LogP contribution in [0.3, 0.4) is 0 Å². The molecule has 0 aliphatic carbocycles. The van der Waals surface area contributed by atoms with Crippen molar-refractivity contribution in [1.82, 2.24) is 9.66 Å². The Morgan fingerprint density at radius 1 is 1.13 bits per heavy atom. The molecule has 0 aliphatic heterocycles. The fourth-order valence-electron chi connectivity index (χ4n) is 3.67. The number of ether oxygens (including phenoxy) is 2. The molecule has 0 bridgehead atoms. The molecule has 3 aromatic carbocycles. The zero-order chi connectivity index (χ0) is 27.6. The molecule has 0 saturated carbocycles. The zero-order valence-corrected chi connectivity index (χ0v) is 26.0. The average molecular weight is 703 g/mol. The van der Waals surface area contributed by atoms with E-state index in [2.05, 4.69) is 37.0 Å². The Kier molecular flexibility index (Phi) is 9.42. The molecule has 0 N–H and O–H groups in total. The van der Waals surface area contributed by atoms with E-state index in [1.807, 2.05) is 26.0 Å². The molecule has 11 heteroatoms. The van der Waals surface area contributed by atoms with Crippen LogP contribution in [-0.2, 0) is 6.61 Å². The van der Waals surface area contributed by atoms with Crippen LogP contribution in [0.5, 0.6) is 11.5 Å². The molecule has 0 aliphatic rings. The van der Waals surface area contributed by atoms with Gasteiger partial charge in [-0.3, -0.25) is 4.79 Å². The first kappa shape index (κ1) is 28.9. The summed E-state index contributed by atoms with van der Waals surface area (Å²) in [6.45, 7) is 4.19. The first-order chi connectivity index (χ1) is 18.1. The highest BCUT2D eigenvalue weighted by atomic mass is 79.9. The molecule has 6 nitrogen and oxygen atoms in total. The predicted molar refractivity (Wildman–Crippen MR) is 162 cm³/mol. The van der Waals surface area contributed by atoms with Crippen LogP contribution < -0.4 is 15.0 Å². The van der Waals surface area contributed by atoms with Gasteiger partial charge in [-0.25, -0.2) is 4.98 Å². The van der Waals surface area contributed by atoms with E-state index in [9.17, 15) is 4.79 Å². The lowest BCUT2D eigenvalue weighted by Gasteiger charge is -2.16. The standard InChI is InChI=1S/C27H22Br2Cl3N3O3/c1-4-14(2)26-34-21-8-6-17(28)10-19(21)27(36)35(26)33-12-16-9-22(37-3)25(24(32)23(16)29)38-13-15-5-7-18(30)11-20(15)31/h5-12,14H,4,13H2,1-3H3/t14-/m0/s1. The van der Waals surface area contributed by atoms with Crippen molar-refractivity contribution in [1.29, 1.82) is 0 Å². The molecule has 0 unspecified atom stereocenters. The molecular weight excluding hydrogens is 680 g/mol. The van der Waals surface area contributed by atoms with Crippen LogP contribution in [-0.4, -0.2) is 23.0 Å². The predicted octanol–water partition coefficient (Wildman–Crippen LogP) is 8.86. The summed E-state index contributed by atoms with van der Waals surface area (Å²) in [5.74, 6) is 1.29. The molecule has 0 radical (unpaired) electrons. The molecular formula is C27H22Br2Cl3N3O3. The number of hydrogen-bond acceptors (Lipinski definition) is 5. The first-order valence-corrected chi connectivity index (χ1v) is 14.3. The molecule has 0 saturated heterocycles. The molecule has 38 heavy (non-hydrogen) atoms. The van der Waals surface area contributed by atoms with Gasteiger partial charge in [0.15, 0.2) is 11.5 Å². The second-order valence-corrected chi connectivity index (χ2v) is 11.4. The lowest BCUT2D eigenvalue weighted by atomic mass is 10.1. The second kappa shape index (κ2) is 12.4. The minimum absolute atomic E-state index is 0.00456. The maximum Gasteiger partial charge on any atom is 0.282 e. The van der Waals surface area contributed by atoms with Crippen molar-refractivity contribution in [3.63, 3.8) is 0 Å². The van der Waals surface area contributed by atoms with Crippen molar-refractivity contribution < 1.29 is 9.47 Å². The van der Waals surface area contributed by atoms with Crippen molar-refractivity contribution in [3.8, 4) is 11.5 Å². The summed E-state index contributed by atoms with van der Waals surface area (Å²) in [5.41, 5.74) is 1.67. The van der Waals surface area contributed by atoms with Gasteiger partial charge in [0.25, 0.3) is 5.56 Å². The van der Waals surface area contributed by atoms with Crippen molar-refractivity contribution in [3.05, 3.63) is 93.8 Å². The van der Waals surface area contributed by atoms with Gasteiger partial charge in [-0.1, -0.05) is 70.6 Å². The fourth-order valence-corrected chi connectivity index (χ4v) is 5.15. The smallest absolute Gasteiger partial charge is 0.282 e. The van der Waals surface area contributed by atoms with Gasteiger partial charge in [-0.2, -0.15) is 9.78 Å². The largest absolute Gasteiger partial charge is 0.493 e. The van der Waals surface area contributed by atoms with E-state index >= 15 is 0 Å². The monoisotopic (exact) mass is 699 g/mol. The highest BCUT2D eigenvalue weighted by molar-refractivity contribution is 9.10. The summed E-state index contributed by atoms with van der Waals surface area (Å²) in [4.78, 5) is 18.2. The summed E-state index contributed by atoms with van der Waals surface area (Å²) < 4.78 is 14.2. The molecule has 4 aromatic rings. The Hall–Kier alpha value is -2.10. The van der Waals surface area contributed by atoms with Crippen LogP contribution in [0.15, 0.2) is 61.3 Å². The number of aromatic nitrogens is 2. The summed E-state index contributed by atoms with van der Waals surface area (Å²) in [5, 5.41) is 6.29. The molecule has 0 fully saturated rings. The number of hydrogen-bond donors (Lipinski definition) is 0. The number of fused-ring (bicyclic) bond motifs is 1. The zero-order valence-electron chi connectivity index (χ0n) is 20.6. The van der Waals surface area contributed by atoms with Crippen LogP contribution in [0.4, 0.5) is 0 Å². The maximum absolute atomic E-state index is 13.4. The quantitative estimate of drug-likeness (QED) is 0.172. The number of halogens is 5. The Bertz CT molecular complexity index is 1610. The van der Waals surface area contributed by atoms with Crippen LogP contribution in [0.2, 0.25) is 15.1 Å². The average Bonchev–Trinajstić information content (AvgIpc) is 2.90. The summed E-state index contributed by atoms with van der Waals surface area (Å²) in [6.07, 6.45) is 2.33. The van der Waals surface area contributed by atoms with E-state index in [1.54, 1.807) is 30.3 Å². The summed E-state index contributed by atoms with van der Waals surface area (Å²) in [6, 6.07) is 12.3. The number of rotatable bonds is 8. The highest BCUT2D eigenvalue weighted by Gasteiger charge is 2.19. The lowest BCUT2D eigenvalue weighted by molar-refractivity contribution is 0.284. The third-order valence-electron chi connectivity index (χ3n) is 5.96. The van der Waals surface area contributed by atoms with Gasteiger partial charge in [-0.15, -0.1) is 0 Å². The molecule has 4 rings (SSSR count). The second-order valence-electron chi connectivity index (χ2n) is 8.45. The van der Waals surface area contributed by atoms with Gasteiger partial charge in [0.1, 0.15) is 17.5 Å². The molecule has 0 amide bonds. The highest BCUT2D eigenvalue weighted by Crippen LogP contribution is 2.42. The Morgan fingerprint density at radius 2 is 1.89 bits per heavy atom. The van der Waals surface area contributed by atoms with Crippen molar-refractivity contribution in [2.24, 2.45) is 5.10 Å². The van der Waals surface area contributed by atoms with Gasteiger partial charge in [-0.05, 0) is 58.7 Å². The van der Waals surface area contributed by atoms with Crippen molar-refractivity contribution in [2.45, 2.75) is 32.8 Å². The van der Waals surface area contributed by atoms with Crippen LogP contribution in [0.1, 0.15) is 43.1 Å². The normalized spacial score (nSPS) is 12.3. The third kappa shape index (κ3) is 6.05. The van der Waals surface area contributed by atoms with E-state index in [-0.39, 0.29) is 23.1 Å². The molecule has 0 spiro atoms. The fraction of sp³-hybridized carbons (Fsp3) is 0.222. The summed E-state index contributed by atoms with van der Waals surface area (Å²) >= 11 is 25.9. The van der Waals surface area contributed by atoms with Crippen LogP contribution >= 0.6 is 66.7 Å². The third-order valence-corrected chi connectivity index (χ3v) is 8.49. The number of nitrogens with zero attached hydrogens (tertiary/aromatic N) is 3. The van der Waals surface area contributed by atoms with Gasteiger partial charge >= 0.3 is 0 Å². The van der Waals surface area contributed by atoms with Crippen molar-refractivity contribution in [2.75, 3.05) is 7.11 Å². The van der Waals surface area contributed by atoms with Gasteiger partial charge in [0.2, 0.25) is 0 Å². The molecule has 1 heterocycles. The van der Waals surface area contributed by atoms with Gasteiger partial charge in [0, 0.05) is 36.0 Å². The molecule has 1 aromatic heterocycles. The SMILES string of the molecule is CC[C@H](C)c1nc2ccc(Br)cc2c(=O)n1N=Cc1cc(OC)c(OCc2ccc(Cl)cc2Cl)c(Cl)c1Br. The Morgan fingerprint density at radius 3 is 2.58 bits per heavy atom. The van der Waals surface area contributed by atoms with Gasteiger partial charge in [0.05, 0.1) is 24.2 Å². The van der Waals surface area contributed by atoms with E-state index < -0.39 is 0 Å². The maximum atomic E-state index is 13.4. The Balaban J connectivity index is 1.74. The van der Waals surface area contributed by atoms with E-state index in [0.717, 1.165) is 16.5 Å². The molecule has 198 valence electrons. The lowest BCUT2D eigenvalue weighted by Crippen LogP contribution is -2.23. The molecule has 1 atom stereocenters. The topological polar surface area (TPSA) is 65.7 Å². The Labute approximate surface area is 251 Å². The van der Waals surface area contributed by atoms with Gasteiger partial charge < -0.3 is 9.47 Å². The van der Waals surface area contributed by atoms with E-state index in [1.165, 1.54) is 18.0 Å².